The Morgan fingerprint density at radius 1 is 0.846 bits per heavy atom. The number of anilines is 1. The maximum absolute atomic E-state index is 6.21. The minimum Gasteiger partial charge on any atom is -0.488 e. The Morgan fingerprint density at radius 3 is 2.42 bits per heavy atom. The molecule has 0 aliphatic carbocycles. The monoisotopic (exact) mass is 385 g/mol. The molecule has 134 valence electrons. The van der Waals surface area contributed by atoms with Gasteiger partial charge < -0.3 is 10.1 Å². The Bertz CT molecular complexity index is 908. The van der Waals surface area contributed by atoms with E-state index >= 15 is 0 Å². The molecule has 2 nitrogen and oxygen atoms in total. The van der Waals surface area contributed by atoms with Crippen LogP contribution in [0.25, 0.3) is 0 Å². The standard InChI is InChI=1S/C22H21Cl2NO/c1-15-7-9-20(11-16(15)2)25-13-18-12-19(23)8-10-22(18)26-14-17-5-3-4-6-21(17)24/h3-12,25H,13-14H2,1-2H3. The Labute approximate surface area is 164 Å². The molecule has 3 aromatic carbocycles. The van der Waals surface area contributed by atoms with Crippen LogP contribution in [0.5, 0.6) is 5.75 Å². The van der Waals surface area contributed by atoms with Crippen molar-refractivity contribution in [2.24, 2.45) is 0 Å². The van der Waals surface area contributed by atoms with Crippen molar-refractivity contribution in [1.29, 1.82) is 0 Å². The first-order chi connectivity index (χ1) is 12.5. The summed E-state index contributed by atoms with van der Waals surface area (Å²) in [6.45, 7) is 5.26. The number of ether oxygens (including phenoxy) is 1. The van der Waals surface area contributed by atoms with Gasteiger partial charge in [0.15, 0.2) is 0 Å². The van der Waals surface area contributed by atoms with Gasteiger partial charge in [-0.15, -0.1) is 0 Å². The van der Waals surface area contributed by atoms with Crippen molar-refractivity contribution in [2.45, 2.75) is 27.0 Å². The van der Waals surface area contributed by atoms with Crippen LogP contribution in [-0.4, -0.2) is 0 Å². The molecule has 0 atom stereocenters. The van der Waals surface area contributed by atoms with Crippen molar-refractivity contribution in [3.05, 3.63) is 93.0 Å². The third-order valence-electron chi connectivity index (χ3n) is 4.35. The molecule has 4 heteroatoms. The molecule has 0 saturated carbocycles. The molecule has 0 amide bonds. The van der Waals surface area contributed by atoms with Crippen LogP contribution >= 0.6 is 23.2 Å². The molecule has 0 fully saturated rings. The van der Waals surface area contributed by atoms with Gasteiger partial charge in [0.05, 0.1) is 0 Å². The largest absolute Gasteiger partial charge is 0.488 e. The molecule has 26 heavy (non-hydrogen) atoms. The fourth-order valence-electron chi connectivity index (χ4n) is 2.65. The average molecular weight is 386 g/mol. The van der Waals surface area contributed by atoms with Crippen LogP contribution in [0, 0.1) is 13.8 Å². The Balaban J connectivity index is 1.73. The van der Waals surface area contributed by atoms with Crippen molar-refractivity contribution >= 4 is 28.9 Å². The highest BCUT2D eigenvalue weighted by Gasteiger charge is 2.07. The first kappa shape index (κ1) is 18.6. The van der Waals surface area contributed by atoms with E-state index in [0.717, 1.165) is 22.6 Å². The summed E-state index contributed by atoms with van der Waals surface area (Å²) in [4.78, 5) is 0. The zero-order valence-corrected chi connectivity index (χ0v) is 16.4. The van der Waals surface area contributed by atoms with Gasteiger partial charge in [0.1, 0.15) is 12.4 Å². The van der Waals surface area contributed by atoms with Gasteiger partial charge in [-0.3, -0.25) is 0 Å². The summed E-state index contributed by atoms with van der Waals surface area (Å²) in [5, 5.41) is 4.83. The van der Waals surface area contributed by atoms with Gasteiger partial charge in [0.2, 0.25) is 0 Å². The maximum atomic E-state index is 6.21. The first-order valence-electron chi connectivity index (χ1n) is 8.48. The summed E-state index contributed by atoms with van der Waals surface area (Å²) in [6.07, 6.45) is 0. The number of aryl methyl sites for hydroxylation is 2. The molecule has 3 rings (SSSR count). The van der Waals surface area contributed by atoms with Crippen molar-refractivity contribution in [3.8, 4) is 5.75 Å². The fraction of sp³-hybridized carbons (Fsp3) is 0.182. The number of rotatable bonds is 6. The molecular formula is C22H21Cl2NO. The molecule has 1 N–H and O–H groups in total. The molecule has 0 aliphatic rings. The van der Waals surface area contributed by atoms with Gasteiger partial charge in [-0.2, -0.15) is 0 Å². The summed E-state index contributed by atoms with van der Waals surface area (Å²) >= 11 is 12.4. The Morgan fingerprint density at radius 2 is 1.65 bits per heavy atom. The lowest BCUT2D eigenvalue weighted by Crippen LogP contribution is -2.04. The highest BCUT2D eigenvalue weighted by atomic mass is 35.5. The number of benzene rings is 3. The zero-order valence-electron chi connectivity index (χ0n) is 14.9. The normalized spacial score (nSPS) is 10.6. The number of hydrogen-bond donors (Lipinski definition) is 1. The summed E-state index contributed by atoms with van der Waals surface area (Å²) in [5.41, 5.74) is 5.57. The topological polar surface area (TPSA) is 21.3 Å². The number of hydrogen-bond acceptors (Lipinski definition) is 2. The number of nitrogens with one attached hydrogen (secondary N) is 1. The minimum absolute atomic E-state index is 0.415. The maximum Gasteiger partial charge on any atom is 0.124 e. The van der Waals surface area contributed by atoms with Gasteiger partial charge in [-0.05, 0) is 61.4 Å². The van der Waals surface area contributed by atoms with Crippen molar-refractivity contribution < 1.29 is 4.74 Å². The highest BCUT2D eigenvalue weighted by molar-refractivity contribution is 6.31. The van der Waals surface area contributed by atoms with Gasteiger partial charge in [-0.25, -0.2) is 0 Å². The quantitative estimate of drug-likeness (QED) is 0.503. The molecule has 0 spiro atoms. The second kappa shape index (κ2) is 8.48. The molecule has 0 unspecified atom stereocenters. The summed E-state index contributed by atoms with van der Waals surface area (Å²) < 4.78 is 6.01. The Kier molecular flexibility index (Phi) is 6.08. The van der Waals surface area contributed by atoms with E-state index in [-0.39, 0.29) is 0 Å². The van der Waals surface area contributed by atoms with Gasteiger partial charge in [-0.1, -0.05) is 47.5 Å². The van der Waals surface area contributed by atoms with Gasteiger partial charge in [0.25, 0.3) is 0 Å². The van der Waals surface area contributed by atoms with E-state index in [9.17, 15) is 0 Å². The SMILES string of the molecule is Cc1ccc(NCc2cc(Cl)ccc2OCc2ccccc2Cl)cc1C. The van der Waals surface area contributed by atoms with E-state index < -0.39 is 0 Å². The third-order valence-corrected chi connectivity index (χ3v) is 4.96. The molecule has 0 heterocycles. The van der Waals surface area contributed by atoms with Crippen LogP contribution < -0.4 is 10.1 Å². The van der Waals surface area contributed by atoms with Crippen LogP contribution in [0.2, 0.25) is 10.0 Å². The second-order valence-electron chi connectivity index (χ2n) is 6.28. The van der Waals surface area contributed by atoms with E-state index in [1.54, 1.807) is 0 Å². The fourth-order valence-corrected chi connectivity index (χ4v) is 3.03. The zero-order chi connectivity index (χ0) is 18.5. The van der Waals surface area contributed by atoms with Crippen molar-refractivity contribution in [3.63, 3.8) is 0 Å². The average Bonchev–Trinajstić information content (AvgIpc) is 2.63. The molecule has 0 aromatic heterocycles. The lowest BCUT2D eigenvalue weighted by atomic mass is 10.1. The van der Waals surface area contributed by atoms with E-state index in [1.165, 1.54) is 11.1 Å². The first-order valence-corrected chi connectivity index (χ1v) is 9.24. The molecule has 3 aromatic rings. The lowest BCUT2D eigenvalue weighted by Gasteiger charge is -2.14. The van der Waals surface area contributed by atoms with Crippen LogP contribution in [0.4, 0.5) is 5.69 Å². The molecular weight excluding hydrogens is 365 g/mol. The van der Waals surface area contributed by atoms with Crippen LogP contribution in [-0.2, 0) is 13.2 Å². The van der Waals surface area contributed by atoms with Crippen molar-refractivity contribution in [2.75, 3.05) is 5.32 Å². The molecule has 0 radical (unpaired) electrons. The van der Waals surface area contributed by atoms with E-state index in [1.807, 2.05) is 42.5 Å². The van der Waals surface area contributed by atoms with Crippen LogP contribution in [0.15, 0.2) is 60.7 Å². The van der Waals surface area contributed by atoms with Gasteiger partial charge >= 0.3 is 0 Å². The second-order valence-corrected chi connectivity index (χ2v) is 7.13. The lowest BCUT2D eigenvalue weighted by molar-refractivity contribution is 0.303. The van der Waals surface area contributed by atoms with Crippen molar-refractivity contribution in [1.82, 2.24) is 0 Å². The van der Waals surface area contributed by atoms with E-state index in [0.29, 0.717) is 23.2 Å². The summed E-state index contributed by atoms with van der Waals surface area (Å²) in [6, 6.07) is 19.7. The predicted octanol–water partition coefficient (Wildman–Crippen LogP) is 6.80. The summed E-state index contributed by atoms with van der Waals surface area (Å²) in [5.74, 6) is 0.797. The Hall–Kier alpha value is -2.16. The molecule has 0 bridgehead atoms. The summed E-state index contributed by atoms with van der Waals surface area (Å²) in [7, 11) is 0. The minimum atomic E-state index is 0.415. The van der Waals surface area contributed by atoms with Crippen LogP contribution in [0.1, 0.15) is 22.3 Å². The molecule has 0 aliphatic heterocycles. The smallest absolute Gasteiger partial charge is 0.124 e. The van der Waals surface area contributed by atoms with E-state index in [4.69, 9.17) is 27.9 Å². The number of halogens is 2. The van der Waals surface area contributed by atoms with E-state index in [2.05, 4.69) is 37.4 Å². The highest BCUT2D eigenvalue weighted by Crippen LogP contribution is 2.26. The third kappa shape index (κ3) is 4.72. The van der Waals surface area contributed by atoms with Crippen LogP contribution in [0.3, 0.4) is 0 Å². The predicted molar refractivity (Wildman–Crippen MR) is 110 cm³/mol. The molecule has 0 saturated heterocycles. The van der Waals surface area contributed by atoms with Gasteiger partial charge in [0, 0.05) is 33.4 Å².